The first kappa shape index (κ1) is 10.6. The standard InChI is InChI=1S/C11H20N2/c1-4-10(2)12-11(3)9-13-7-5-6-8-13/h1,10-12H,5-9H2,2-3H3. The van der Waals surface area contributed by atoms with E-state index in [2.05, 4.69) is 23.1 Å². The number of nitrogens with one attached hydrogen (secondary N) is 1. The van der Waals surface area contributed by atoms with Crippen molar-refractivity contribution < 1.29 is 0 Å². The molecule has 0 bridgehead atoms. The highest BCUT2D eigenvalue weighted by Gasteiger charge is 2.14. The van der Waals surface area contributed by atoms with Crippen LogP contribution in [-0.2, 0) is 0 Å². The molecule has 1 rings (SSSR count). The van der Waals surface area contributed by atoms with E-state index in [-0.39, 0.29) is 6.04 Å². The summed E-state index contributed by atoms with van der Waals surface area (Å²) < 4.78 is 0. The van der Waals surface area contributed by atoms with Gasteiger partial charge in [-0.1, -0.05) is 5.92 Å². The summed E-state index contributed by atoms with van der Waals surface area (Å²) in [5, 5.41) is 3.38. The van der Waals surface area contributed by atoms with Gasteiger partial charge in [-0.15, -0.1) is 6.42 Å². The zero-order valence-electron chi connectivity index (χ0n) is 8.71. The minimum absolute atomic E-state index is 0.192. The maximum absolute atomic E-state index is 5.30. The van der Waals surface area contributed by atoms with Crippen LogP contribution >= 0.6 is 0 Å². The van der Waals surface area contributed by atoms with E-state index in [0.717, 1.165) is 6.54 Å². The lowest BCUT2D eigenvalue weighted by Gasteiger charge is -2.22. The van der Waals surface area contributed by atoms with Gasteiger partial charge in [0, 0.05) is 12.6 Å². The van der Waals surface area contributed by atoms with Gasteiger partial charge in [-0.3, -0.25) is 0 Å². The Bertz CT molecular complexity index is 177. The van der Waals surface area contributed by atoms with Crippen LogP contribution in [0.2, 0.25) is 0 Å². The van der Waals surface area contributed by atoms with Crippen LogP contribution in [0.4, 0.5) is 0 Å². The molecular weight excluding hydrogens is 160 g/mol. The van der Waals surface area contributed by atoms with E-state index in [1.807, 2.05) is 6.92 Å². The predicted molar refractivity (Wildman–Crippen MR) is 56.6 cm³/mol. The number of likely N-dealkylation sites (tertiary alicyclic amines) is 1. The molecule has 0 aromatic rings. The Morgan fingerprint density at radius 2 is 2.00 bits per heavy atom. The molecule has 1 aliphatic heterocycles. The number of nitrogens with zero attached hydrogens (tertiary/aromatic N) is 1. The van der Waals surface area contributed by atoms with E-state index in [1.54, 1.807) is 0 Å². The molecule has 74 valence electrons. The number of hydrogen-bond acceptors (Lipinski definition) is 2. The number of terminal acetylenes is 1. The molecule has 0 aromatic carbocycles. The van der Waals surface area contributed by atoms with Gasteiger partial charge >= 0.3 is 0 Å². The van der Waals surface area contributed by atoms with E-state index in [0.29, 0.717) is 6.04 Å². The third-order valence-corrected chi connectivity index (χ3v) is 2.52. The highest BCUT2D eigenvalue weighted by Crippen LogP contribution is 2.07. The summed E-state index contributed by atoms with van der Waals surface area (Å²) in [4.78, 5) is 2.50. The second-order valence-corrected chi connectivity index (χ2v) is 3.96. The minimum Gasteiger partial charge on any atom is -0.302 e. The largest absolute Gasteiger partial charge is 0.302 e. The number of rotatable bonds is 4. The number of hydrogen-bond donors (Lipinski definition) is 1. The lowest BCUT2D eigenvalue weighted by atomic mass is 10.2. The molecule has 0 aromatic heterocycles. The summed E-state index contributed by atoms with van der Waals surface area (Å²) in [5.41, 5.74) is 0. The van der Waals surface area contributed by atoms with Crippen molar-refractivity contribution in [3.63, 3.8) is 0 Å². The molecule has 13 heavy (non-hydrogen) atoms. The van der Waals surface area contributed by atoms with Crippen LogP contribution < -0.4 is 5.32 Å². The molecular formula is C11H20N2. The lowest BCUT2D eigenvalue weighted by Crippen LogP contribution is -2.41. The fourth-order valence-corrected chi connectivity index (χ4v) is 1.88. The van der Waals surface area contributed by atoms with Gasteiger partial charge < -0.3 is 10.2 Å². The van der Waals surface area contributed by atoms with Gasteiger partial charge in [0.1, 0.15) is 0 Å². The third-order valence-electron chi connectivity index (χ3n) is 2.52. The second kappa shape index (κ2) is 5.26. The summed E-state index contributed by atoms with van der Waals surface area (Å²) in [6, 6.07) is 0.696. The Labute approximate surface area is 81.7 Å². The molecule has 0 amide bonds. The Balaban J connectivity index is 2.16. The zero-order valence-corrected chi connectivity index (χ0v) is 8.71. The Hall–Kier alpha value is -0.520. The predicted octanol–water partition coefficient (Wildman–Crippen LogP) is 1.08. The normalized spacial score (nSPS) is 22.5. The molecule has 2 nitrogen and oxygen atoms in total. The highest BCUT2D eigenvalue weighted by molar-refractivity contribution is 4.96. The van der Waals surface area contributed by atoms with Crippen LogP contribution in [0.1, 0.15) is 26.7 Å². The molecule has 2 unspecified atom stereocenters. The first-order chi connectivity index (χ1) is 6.22. The quantitative estimate of drug-likeness (QED) is 0.651. The Morgan fingerprint density at radius 1 is 1.38 bits per heavy atom. The van der Waals surface area contributed by atoms with E-state index in [1.165, 1.54) is 25.9 Å². The van der Waals surface area contributed by atoms with Crippen LogP contribution in [0, 0.1) is 12.3 Å². The van der Waals surface area contributed by atoms with Crippen molar-refractivity contribution in [2.24, 2.45) is 0 Å². The molecule has 2 atom stereocenters. The summed E-state index contributed by atoms with van der Waals surface area (Å²) in [5.74, 6) is 2.69. The third kappa shape index (κ3) is 3.80. The van der Waals surface area contributed by atoms with Crippen LogP contribution in [-0.4, -0.2) is 36.6 Å². The summed E-state index contributed by atoms with van der Waals surface area (Å²) in [7, 11) is 0. The fraction of sp³-hybridized carbons (Fsp3) is 0.818. The second-order valence-electron chi connectivity index (χ2n) is 3.96. The monoisotopic (exact) mass is 180 g/mol. The van der Waals surface area contributed by atoms with E-state index in [4.69, 9.17) is 6.42 Å². The van der Waals surface area contributed by atoms with Crippen molar-refractivity contribution in [1.29, 1.82) is 0 Å². The lowest BCUT2D eigenvalue weighted by molar-refractivity contribution is 0.295. The molecule has 1 saturated heterocycles. The molecule has 1 aliphatic rings. The average Bonchev–Trinajstić information content (AvgIpc) is 2.56. The summed E-state index contributed by atoms with van der Waals surface area (Å²) >= 11 is 0. The Morgan fingerprint density at radius 3 is 2.54 bits per heavy atom. The van der Waals surface area contributed by atoms with Gasteiger partial charge in [0.2, 0.25) is 0 Å². The highest BCUT2D eigenvalue weighted by atomic mass is 15.2. The molecule has 0 spiro atoms. The molecule has 0 aliphatic carbocycles. The van der Waals surface area contributed by atoms with Crippen molar-refractivity contribution in [2.45, 2.75) is 38.8 Å². The first-order valence-electron chi connectivity index (χ1n) is 5.17. The summed E-state index contributed by atoms with van der Waals surface area (Å²) in [6.07, 6.45) is 8.02. The van der Waals surface area contributed by atoms with Crippen LogP contribution in [0.3, 0.4) is 0 Å². The first-order valence-corrected chi connectivity index (χ1v) is 5.17. The maximum atomic E-state index is 5.30. The van der Waals surface area contributed by atoms with Crippen LogP contribution in [0.15, 0.2) is 0 Å². The molecule has 2 heteroatoms. The Kier molecular flexibility index (Phi) is 4.27. The molecule has 1 heterocycles. The van der Waals surface area contributed by atoms with Gasteiger partial charge in [0.25, 0.3) is 0 Å². The molecule has 1 fully saturated rings. The summed E-state index contributed by atoms with van der Waals surface area (Å²) in [6.45, 7) is 7.88. The van der Waals surface area contributed by atoms with E-state index < -0.39 is 0 Å². The van der Waals surface area contributed by atoms with Gasteiger partial charge in [0.15, 0.2) is 0 Å². The minimum atomic E-state index is 0.192. The van der Waals surface area contributed by atoms with Gasteiger partial charge in [0.05, 0.1) is 6.04 Å². The average molecular weight is 180 g/mol. The maximum Gasteiger partial charge on any atom is 0.0660 e. The molecule has 1 N–H and O–H groups in total. The van der Waals surface area contributed by atoms with Crippen molar-refractivity contribution in [1.82, 2.24) is 10.2 Å². The zero-order chi connectivity index (χ0) is 9.68. The van der Waals surface area contributed by atoms with Gasteiger partial charge in [-0.05, 0) is 39.8 Å². The van der Waals surface area contributed by atoms with E-state index >= 15 is 0 Å². The van der Waals surface area contributed by atoms with Crippen LogP contribution in [0.25, 0.3) is 0 Å². The smallest absolute Gasteiger partial charge is 0.0660 e. The van der Waals surface area contributed by atoms with Crippen LogP contribution in [0.5, 0.6) is 0 Å². The van der Waals surface area contributed by atoms with Gasteiger partial charge in [-0.25, -0.2) is 0 Å². The van der Waals surface area contributed by atoms with Crippen molar-refractivity contribution in [3.8, 4) is 12.3 Å². The SMILES string of the molecule is C#CC(C)NC(C)CN1CCCC1. The fourth-order valence-electron chi connectivity index (χ4n) is 1.88. The van der Waals surface area contributed by atoms with Crippen molar-refractivity contribution in [2.75, 3.05) is 19.6 Å². The van der Waals surface area contributed by atoms with Crippen molar-refractivity contribution in [3.05, 3.63) is 0 Å². The van der Waals surface area contributed by atoms with E-state index in [9.17, 15) is 0 Å². The van der Waals surface area contributed by atoms with Gasteiger partial charge in [-0.2, -0.15) is 0 Å². The molecule has 0 saturated carbocycles. The molecule has 0 radical (unpaired) electrons. The topological polar surface area (TPSA) is 15.3 Å². The van der Waals surface area contributed by atoms with Crippen molar-refractivity contribution >= 4 is 0 Å².